The van der Waals surface area contributed by atoms with Crippen molar-refractivity contribution in [3.05, 3.63) is 33.9 Å². The number of nitro groups is 1. The lowest BCUT2D eigenvalue weighted by molar-refractivity contribution is -0.385. The van der Waals surface area contributed by atoms with Crippen LogP contribution in [0.5, 0.6) is 0 Å². The van der Waals surface area contributed by atoms with E-state index in [-0.39, 0.29) is 22.8 Å². The summed E-state index contributed by atoms with van der Waals surface area (Å²) in [5.41, 5.74) is 0.568. The molecule has 1 saturated carbocycles. The molecule has 0 bridgehead atoms. The van der Waals surface area contributed by atoms with Gasteiger partial charge in [-0.2, -0.15) is 13.5 Å². The summed E-state index contributed by atoms with van der Waals surface area (Å²) in [6.45, 7) is 1.52. The van der Waals surface area contributed by atoms with Gasteiger partial charge in [0.15, 0.2) is 0 Å². The number of hydrogen-bond acceptors (Lipinski definition) is 6. The molecule has 1 fully saturated rings. The Bertz CT molecular complexity index is 755. The third-order valence-electron chi connectivity index (χ3n) is 3.33. The fraction of sp³-hybridized carbons (Fsp3) is 0.385. The van der Waals surface area contributed by atoms with Gasteiger partial charge < -0.3 is 0 Å². The molecule has 9 heteroatoms. The second-order valence-electron chi connectivity index (χ2n) is 5.05. The number of hydrazone groups is 1. The fourth-order valence-electron chi connectivity index (χ4n) is 2.12. The zero-order valence-electron chi connectivity index (χ0n) is 11.9. The number of carbonyl (C=O) groups excluding carboxylic acids is 1. The first-order valence-corrected chi connectivity index (χ1v) is 8.12. The van der Waals surface area contributed by atoms with E-state index in [1.165, 1.54) is 19.1 Å². The van der Waals surface area contributed by atoms with Gasteiger partial charge in [-0.1, -0.05) is 6.07 Å². The molecule has 0 unspecified atom stereocenters. The van der Waals surface area contributed by atoms with Gasteiger partial charge >= 0.3 is 0 Å². The van der Waals surface area contributed by atoms with E-state index in [9.17, 15) is 23.3 Å². The van der Waals surface area contributed by atoms with Gasteiger partial charge in [0.2, 0.25) is 0 Å². The molecule has 1 aliphatic carbocycles. The van der Waals surface area contributed by atoms with Crippen LogP contribution < -0.4 is 4.83 Å². The van der Waals surface area contributed by atoms with E-state index in [1.807, 2.05) is 4.83 Å². The minimum Gasteiger partial charge on any atom is -0.299 e. The zero-order valence-corrected chi connectivity index (χ0v) is 12.7. The van der Waals surface area contributed by atoms with Crippen LogP contribution in [0.15, 0.2) is 28.2 Å². The normalized spacial score (nSPS) is 17.5. The number of nitrogens with zero attached hydrogens (tertiary/aromatic N) is 2. The number of ketones is 1. The van der Waals surface area contributed by atoms with Gasteiger partial charge in [-0.25, -0.2) is 4.83 Å². The molecule has 22 heavy (non-hydrogen) atoms. The standard InChI is InChI=1S/C13H15N3O5S/c1-9-5-6-12(8-13(9)16(18)19)22(20,21)15-14-10-3-2-4-11(17)7-10/h5-6,8,15H,2-4,7H2,1H3. The lowest BCUT2D eigenvalue weighted by Gasteiger charge is -2.12. The van der Waals surface area contributed by atoms with Crippen LogP contribution >= 0.6 is 0 Å². The van der Waals surface area contributed by atoms with Gasteiger partial charge in [-0.15, -0.1) is 0 Å². The Hall–Kier alpha value is -2.29. The molecule has 2 rings (SSSR count). The van der Waals surface area contributed by atoms with Gasteiger partial charge in [0, 0.05) is 30.2 Å². The van der Waals surface area contributed by atoms with Crippen LogP contribution in [0.25, 0.3) is 0 Å². The molecule has 1 aliphatic rings. The van der Waals surface area contributed by atoms with Crippen molar-refractivity contribution in [2.75, 3.05) is 0 Å². The van der Waals surface area contributed by atoms with Gasteiger partial charge in [0.25, 0.3) is 15.7 Å². The number of nitro benzene ring substituents is 1. The minimum absolute atomic E-state index is 0.0233. The number of aryl methyl sites for hydroxylation is 1. The van der Waals surface area contributed by atoms with Crippen LogP contribution in [-0.4, -0.2) is 24.8 Å². The SMILES string of the molecule is Cc1ccc(S(=O)(=O)NN=C2CCCC(=O)C2)cc1[N+](=O)[O-]. The van der Waals surface area contributed by atoms with E-state index in [4.69, 9.17) is 0 Å². The highest BCUT2D eigenvalue weighted by molar-refractivity contribution is 7.89. The third-order valence-corrected chi connectivity index (χ3v) is 4.54. The Balaban J connectivity index is 2.23. The topological polar surface area (TPSA) is 119 Å². The number of nitrogens with one attached hydrogen (secondary N) is 1. The molecule has 0 atom stereocenters. The Morgan fingerprint density at radius 2 is 2.05 bits per heavy atom. The van der Waals surface area contributed by atoms with Crippen LogP contribution in [0.2, 0.25) is 0 Å². The Kier molecular flexibility index (Phi) is 4.55. The zero-order chi connectivity index (χ0) is 16.3. The summed E-state index contributed by atoms with van der Waals surface area (Å²) >= 11 is 0. The van der Waals surface area contributed by atoms with Crippen molar-refractivity contribution in [1.29, 1.82) is 0 Å². The number of benzene rings is 1. The quantitative estimate of drug-likeness (QED) is 0.667. The lowest BCUT2D eigenvalue weighted by Crippen LogP contribution is -2.23. The van der Waals surface area contributed by atoms with Crippen LogP contribution in [0.3, 0.4) is 0 Å². The summed E-state index contributed by atoms with van der Waals surface area (Å²) in [6.07, 6.45) is 1.82. The lowest BCUT2D eigenvalue weighted by atomic mass is 9.97. The van der Waals surface area contributed by atoms with Crippen molar-refractivity contribution in [1.82, 2.24) is 4.83 Å². The molecule has 0 aliphatic heterocycles. The predicted molar refractivity (Wildman–Crippen MR) is 79.1 cm³/mol. The largest absolute Gasteiger partial charge is 0.299 e. The molecule has 0 heterocycles. The summed E-state index contributed by atoms with van der Waals surface area (Å²) in [7, 11) is -4.00. The fourth-order valence-corrected chi connectivity index (χ4v) is 2.99. The number of carbonyl (C=O) groups is 1. The number of Topliss-reactive ketones (excluding diaryl/α,β-unsaturated/α-hetero) is 1. The molecule has 0 saturated heterocycles. The Morgan fingerprint density at radius 3 is 2.68 bits per heavy atom. The Labute approximate surface area is 127 Å². The second kappa shape index (κ2) is 6.22. The van der Waals surface area contributed by atoms with Gasteiger partial charge in [0.05, 0.1) is 9.82 Å². The van der Waals surface area contributed by atoms with Crippen molar-refractivity contribution < 1.29 is 18.1 Å². The molecule has 0 spiro atoms. The smallest absolute Gasteiger partial charge is 0.276 e. The monoisotopic (exact) mass is 325 g/mol. The maximum absolute atomic E-state index is 12.1. The summed E-state index contributed by atoms with van der Waals surface area (Å²) in [5, 5.41) is 14.6. The van der Waals surface area contributed by atoms with Gasteiger partial charge in [-0.05, 0) is 25.8 Å². The third kappa shape index (κ3) is 3.67. The number of hydrogen-bond donors (Lipinski definition) is 1. The average molecular weight is 325 g/mol. The van der Waals surface area contributed by atoms with E-state index in [0.29, 0.717) is 30.5 Å². The van der Waals surface area contributed by atoms with Crippen molar-refractivity contribution >= 4 is 27.2 Å². The molecule has 0 radical (unpaired) electrons. The van der Waals surface area contributed by atoms with E-state index >= 15 is 0 Å². The van der Waals surface area contributed by atoms with Gasteiger partial charge in [0.1, 0.15) is 5.78 Å². The van der Waals surface area contributed by atoms with Crippen molar-refractivity contribution in [3.63, 3.8) is 0 Å². The number of sulfonamides is 1. The number of rotatable bonds is 4. The molecule has 1 N–H and O–H groups in total. The molecule has 0 aromatic heterocycles. The highest BCUT2D eigenvalue weighted by Gasteiger charge is 2.20. The molecule has 1 aromatic rings. The van der Waals surface area contributed by atoms with Crippen molar-refractivity contribution in [3.8, 4) is 0 Å². The average Bonchev–Trinajstić information content (AvgIpc) is 2.45. The minimum atomic E-state index is -4.00. The molecule has 118 valence electrons. The molecular formula is C13H15N3O5S. The van der Waals surface area contributed by atoms with Crippen LogP contribution in [-0.2, 0) is 14.8 Å². The van der Waals surface area contributed by atoms with Crippen LogP contribution in [0.1, 0.15) is 31.2 Å². The highest BCUT2D eigenvalue weighted by atomic mass is 32.2. The van der Waals surface area contributed by atoms with E-state index in [0.717, 1.165) is 6.07 Å². The summed E-state index contributed by atoms with van der Waals surface area (Å²) in [4.78, 5) is 23.3. The maximum atomic E-state index is 12.1. The maximum Gasteiger partial charge on any atom is 0.276 e. The molecule has 1 aromatic carbocycles. The van der Waals surface area contributed by atoms with Crippen LogP contribution in [0.4, 0.5) is 5.69 Å². The van der Waals surface area contributed by atoms with Crippen molar-refractivity contribution in [2.45, 2.75) is 37.5 Å². The first-order valence-electron chi connectivity index (χ1n) is 6.63. The van der Waals surface area contributed by atoms with E-state index in [1.54, 1.807) is 0 Å². The summed E-state index contributed by atoms with van der Waals surface area (Å²) < 4.78 is 24.2. The molecule has 8 nitrogen and oxygen atoms in total. The summed E-state index contributed by atoms with van der Waals surface area (Å²) in [6, 6.07) is 3.63. The molecular weight excluding hydrogens is 310 g/mol. The second-order valence-corrected chi connectivity index (χ2v) is 6.71. The molecule has 0 amide bonds. The predicted octanol–water partition coefficient (Wildman–Crippen LogP) is 1.68. The van der Waals surface area contributed by atoms with E-state index in [2.05, 4.69) is 5.10 Å². The highest BCUT2D eigenvalue weighted by Crippen LogP contribution is 2.22. The summed E-state index contributed by atoms with van der Waals surface area (Å²) in [5.74, 6) is 0.0233. The van der Waals surface area contributed by atoms with Crippen molar-refractivity contribution in [2.24, 2.45) is 5.10 Å². The first kappa shape index (κ1) is 16.1. The first-order chi connectivity index (χ1) is 10.3. The van der Waals surface area contributed by atoms with E-state index < -0.39 is 14.9 Å². The van der Waals surface area contributed by atoms with Gasteiger partial charge in [-0.3, -0.25) is 14.9 Å². The Morgan fingerprint density at radius 1 is 1.32 bits per heavy atom. The van der Waals surface area contributed by atoms with Crippen LogP contribution in [0, 0.1) is 17.0 Å².